The minimum Gasteiger partial charge on any atom is -0.326 e. The van der Waals surface area contributed by atoms with Gasteiger partial charge in [0.1, 0.15) is 5.65 Å². The van der Waals surface area contributed by atoms with E-state index in [2.05, 4.69) is 23.1 Å². The van der Waals surface area contributed by atoms with Crippen LogP contribution in [0.1, 0.15) is 28.7 Å². The van der Waals surface area contributed by atoms with Crippen molar-refractivity contribution < 1.29 is 4.79 Å². The van der Waals surface area contributed by atoms with E-state index in [1.807, 2.05) is 34.6 Å². The number of pyridine rings is 1. The van der Waals surface area contributed by atoms with Gasteiger partial charge in [0.15, 0.2) is 6.29 Å². The first-order valence-corrected chi connectivity index (χ1v) is 6.63. The van der Waals surface area contributed by atoms with E-state index < -0.39 is 0 Å². The third-order valence-electron chi connectivity index (χ3n) is 3.51. The lowest BCUT2D eigenvalue weighted by Gasteiger charge is -2.04. The summed E-state index contributed by atoms with van der Waals surface area (Å²) < 4.78 is 3.88. The molecule has 0 saturated carbocycles. The standard InChI is InChI=1S/C15H16N4O/c1-3-12-7-13(18(2)17-12)9-19-8-11(10-20)14-5-4-6-16-15(14)19/h4-8,10H,3,9H2,1-2H3. The van der Waals surface area contributed by atoms with Gasteiger partial charge in [-0.1, -0.05) is 6.92 Å². The van der Waals surface area contributed by atoms with Gasteiger partial charge in [-0.3, -0.25) is 9.48 Å². The van der Waals surface area contributed by atoms with Crippen LogP contribution in [0.3, 0.4) is 0 Å². The van der Waals surface area contributed by atoms with E-state index in [4.69, 9.17) is 0 Å². The molecule has 102 valence electrons. The maximum Gasteiger partial charge on any atom is 0.152 e. The van der Waals surface area contributed by atoms with Crippen molar-refractivity contribution in [3.8, 4) is 0 Å². The Labute approximate surface area is 116 Å². The molecule has 0 aliphatic carbocycles. The average Bonchev–Trinajstić information content (AvgIpc) is 3.01. The topological polar surface area (TPSA) is 52.7 Å². The summed E-state index contributed by atoms with van der Waals surface area (Å²) in [5, 5.41) is 5.33. The van der Waals surface area contributed by atoms with Crippen molar-refractivity contribution in [2.45, 2.75) is 19.9 Å². The Morgan fingerprint density at radius 2 is 2.25 bits per heavy atom. The zero-order valence-electron chi connectivity index (χ0n) is 11.6. The molecule has 0 amide bonds. The smallest absolute Gasteiger partial charge is 0.152 e. The van der Waals surface area contributed by atoms with Gasteiger partial charge < -0.3 is 4.57 Å². The molecular weight excluding hydrogens is 252 g/mol. The predicted molar refractivity (Wildman–Crippen MR) is 76.8 cm³/mol. The number of carbonyl (C=O) groups excluding carboxylic acids is 1. The molecule has 20 heavy (non-hydrogen) atoms. The zero-order chi connectivity index (χ0) is 14.1. The molecule has 0 atom stereocenters. The number of nitrogens with zero attached hydrogens (tertiary/aromatic N) is 4. The van der Waals surface area contributed by atoms with E-state index >= 15 is 0 Å². The van der Waals surface area contributed by atoms with Crippen LogP contribution in [0.15, 0.2) is 30.6 Å². The first kappa shape index (κ1) is 12.6. The molecule has 0 aliphatic rings. The highest BCUT2D eigenvalue weighted by Crippen LogP contribution is 2.19. The van der Waals surface area contributed by atoms with E-state index in [1.54, 1.807) is 6.20 Å². The Hall–Kier alpha value is -2.43. The normalized spacial score (nSPS) is 11.1. The molecule has 3 aromatic heterocycles. The van der Waals surface area contributed by atoms with Crippen LogP contribution in [0.2, 0.25) is 0 Å². The maximum absolute atomic E-state index is 11.1. The summed E-state index contributed by atoms with van der Waals surface area (Å²) in [4.78, 5) is 15.5. The first-order valence-electron chi connectivity index (χ1n) is 6.63. The lowest BCUT2D eigenvalue weighted by Crippen LogP contribution is -2.05. The van der Waals surface area contributed by atoms with E-state index in [9.17, 15) is 4.79 Å². The minimum atomic E-state index is 0.658. The molecule has 0 fully saturated rings. The van der Waals surface area contributed by atoms with Crippen LogP contribution in [-0.4, -0.2) is 25.6 Å². The average molecular weight is 268 g/mol. The van der Waals surface area contributed by atoms with Crippen molar-refractivity contribution >= 4 is 17.3 Å². The lowest BCUT2D eigenvalue weighted by molar-refractivity contribution is 0.112. The van der Waals surface area contributed by atoms with Crippen LogP contribution >= 0.6 is 0 Å². The summed E-state index contributed by atoms with van der Waals surface area (Å²) in [5.41, 5.74) is 3.67. The molecule has 0 N–H and O–H groups in total. The quantitative estimate of drug-likeness (QED) is 0.682. The first-order chi connectivity index (χ1) is 9.72. The fourth-order valence-corrected chi connectivity index (χ4v) is 2.43. The number of aldehydes is 1. The van der Waals surface area contributed by atoms with Gasteiger partial charge in [-0.05, 0) is 24.6 Å². The Morgan fingerprint density at radius 1 is 1.40 bits per heavy atom. The minimum absolute atomic E-state index is 0.658. The zero-order valence-corrected chi connectivity index (χ0v) is 11.6. The van der Waals surface area contributed by atoms with Crippen LogP contribution in [0.4, 0.5) is 0 Å². The monoisotopic (exact) mass is 268 g/mol. The number of carbonyl (C=O) groups is 1. The Kier molecular flexibility index (Phi) is 3.10. The van der Waals surface area contributed by atoms with Gasteiger partial charge in [0, 0.05) is 30.4 Å². The third-order valence-corrected chi connectivity index (χ3v) is 3.51. The number of aryl methyl sites for hydroxylation is 2. The highest BCUT2D eigenvalue weighted by molar-refractivity contribution is 5.95. The molecule has 0 spiro atoms. The third kappa shape index (κ3) is 2.01. The highest BCUT2D eigenvalue weighted by Gasteiger charge is 2.11. The largest absolute Gasteiger partial charge is 0.326 e. The second-order valence-electron chi connectivity index (χ2n) is 4.81. The number of aromatic nitrogens is 4. The summed E-state index contributed by atoms with van der Waals surface area (Å²) in [6.45, 7) is 2.74. The van der Waals surface area contributed by atoms with Gasteiger partial charge in [-0.2, -0.15) is 5.10 Å². The van der Waals surface area contributed by atoms with Gasteiger partial charge in [-0.25, -0.2) is 4.98 Å². The molecule has 3 heterocycles. The maximum atomic E-state index is 11.1. The van der Waals surface area contributed by atoms with Crippen molar-refractivity contribution in [2.24, 2.45) is 7.05 Å². The Bertz CT molecular complexity index is 769. The summed E-state index contributed by atoms with van der Waals surface area (Å²) in [6, 6.07) is 5.86. The fraction of sp³-hybridized carbons (Fsp3) is 0.267. The van der Waals surface area contributed by atoms with Crippen molar-refractivity contribution in [3.63, 3.8) is 0 Å². The van der Waals surface area contributed by atoms with Gasteiger partial charge in [0.2, 0.25) is 0 Å². The molecule has 0 aliphatic heterocycles. The summed E-state index contributed by atoms with van der Waals surface area (Å²) >= 11 is 0. The van der Waals surface area contributed by atoms with E-state index in [0.29, 0.717) is 12.1 Å². The van der Waals surface area contributed by atoms with Crippen LogP contribution in [0.5, 0.6) is 0 Å². The second-order valence-corrected chi connectivity index (χ2v) is 4.81. The Morgan fingerprint density at radius 3 is 2.95 bits per heavy atom. The number of fused-ring (bicyclic) bond motifs is 1. The molecule has 0 aromatic carbocycles. The van der Waals surface area contributed by atoms with Crippen molar-refractivity contribution in [3.05, 3.63) is 47.5 Å². The molecule has 5 nitrogen and oxygen atoms in total. The van der Waals surface area contributed by atoms with Crippen LogP contribution in [-0.2, 0) is 20.0 Å². The molecule has 0 radical (unpaired) electrons. The number of hydrogen-bond acceptors (Lipinski definition) is 3. The Balaban J connectivity index is 2.06. The van der Waals surface area contributed by atoms with Crippen LogP contribution < -0.4 is 0 Å². The van der Waals surface area contributed by atoms with Crippen molar-refractivity contribution in [1.29, 1.82) is 0 Å². The molecule has 3 rings (SSSR count). The molecule has 0 bridgehead atoms. The summed E-state index contributed by atoms with van der Waals surface area (Å²) in [6.07, 6.45) is 5.39. The molecular formula is C15H16N4O. The van der Waals surface area contributed by atoms with Gasteiger partial charge >= 0.3 is 0 Å². The number of hydrogen-bond donors (Lipinski definition) is 0. The lowest BCUT2D eigenvalue weighted by atomic mass is 10.2. The fourth-order valence-electron chi connectivity index (χ4n) is 2.43. The van der Waals surface area contributed by atoms with Crippen LogP contribution in [0, 0.1) is 0 Å². The summed E-state index contributed by atoms with van der Waals surface area (Å²) in [7, 11) is 1.94. The summed E-state index contributed by atoms with van der Waals surface area (Å²) in [5.74, 6) is 0. The van der Waals surface area contributed by atoms with Gasteiger partial charge in [0.05, 0.1) is 17.9 Å². The molecule has 0 unspecified atom stereocenters. The number of rotatable bonds is 4. The van der Waals surface area contributed by atoms with Crippen molar-refractivity contribution in [1.82, 2.24) is 19.3 Å². The molecule has 5 heteroatoms. The SMILES string of the molecule is CCc1cc(Cn2cc(C=O)c3cccnc32)n(C)n1. The highest BCUT2D eigenvalue weighted by atomic mass is 16.1. The van der Waals surface area contributed by atoms with Crippen LogP contribution in [0.25, 0.3) is 11.0 Å². The van der Waals surface area contributed by atoms with E-state index in [0.717, 1.165) is 35.1 Å². The molecule has 0 saturated heterocycles. The predicted octanol–water partition coefficient (Wildman–Crippen LogP) is 2.19. The van der Waals surface area contributed by atoms with Crippen molar-refractivity contribution in [2.75, 3.05) is 0 Å². The van der Waals surface area contributed by atoms with E-state index in [1.165, 1.54) is 0 Å². The molecule has 3 aromatic rings. The van der Waals surface area contributed by atoms with Gasteiger partial charge in [-0.15, -0.1) is 0 Å². The second kappa shape index (κ2) is 4.92. The van der Waals surface area contributed by atoms with Gasteiger partial charge in [0.25, 0.3) is 0 Å². The van der Waals surface area contributed by atoms with E-state index in [-0.39, 0.29) is 0 Å².